The number of benzene rings is 1. The minimum Gasteiger partial charge on any atom is -0.406 e. The fourth-order valence-electron chi connectivity index (χ4n) is 1.44. The number of rotatable bonds is 3. The lowest BCUT2D eigenvalue weighted by Crippen LogP contribution is -2.21. The lowest BCUT2D eigenvalue weighted by molar-refractivity contribution is -0.274. The first-order valence-corrected chi connectivity index (χ1v) is 5.46. The van der Waals surface area contributed by atoms with E-state index in [1.165, 1.54) is 24.3 Å². The molecule has 3 nitrogen and oxygen atoms in total. The van der Waals surface area contributed by atoms with Gasteiger partial charge in [0, 0.05) is 11.1 Å². The number of hydrogen-bond donors (Lipinski definition) is 1. The van der Waals surface area contributed by atoms with Gasteiger partial charge in [0.2, 0.25) is 5.91 Å². The van der Waals surface area contributed by atoms with Gasteiger partial charge in [0.25, 0.3) is 0 Å². The molecule has 1 N–H and O–H groups in total. The Labute approximate surface area is 102 Å². The molecule has 1 fully saturated rings. The molecule has 1 aliphatic carbocycles. The van der Waals surface area contributed by atoms with Gasteiger partial charge in [-0.05, 0) is 37.1 Å². The Hall–Kier alpha value is -1.72. The summed E-state index contributed by atoms with van der Waals surface area (Å²) in [5.41, 5.74) is 0.142. The van der Waals surface area contributed by atoms with E-state index >= 15 is 0 Å². The average Bonchev–Trinajstić information content (AvgIpc) is 2.99. The van der Waals surface area contributed by atoms with Crippen molar-refractivity contribution in [2.75, 3.05) is 5.32 Å². The molecule has 1 saturated carbocycles. The minimum atomic E-state index is -4.70. The van der Waals surface area contributed by atoms with Crippen LogP contribution in [0.3, 0.4) is 0 Å². The van der Waals surface area contributed by atoms with Gasteiger partial charge < -0.3 is 10.1 Å². The van der Waals surface area contributed by atoms with E-state index in [1.54, 1.807) is 0 Å². The van der Waals surface area contributed by atoms with Crippen LogP contribution in [-0.4, -0.2) is 12.3 Å². The van der Waals surface area contributed by atoms with Gasteiger partial charge in [-0.25, -0.2) is 0 Å². The molecular weight excluding hydrogens is 247 g/mol. The number of amides is 1. The molecule has 1 amide bonds. The van der Waals surface area contributed by atoms with Crippen LogP contribution >= 0.6 is 0 Å². The molecule has 0 heterocycles. The Bertz CT molecular complexity index is 449. The first-order chi connectivity index (χ1) is 8.28. The first kappa shape index (κ1) is 12.7. The summed E-state index contributed by atoms with van der Waals surface area (Å²) in [6.45, 7) is 1.85. The monoisotopic (exact) mass is 259 g/mol. The van der Waals surface area contributed by atoms with Gasteiger partial charge in [-0.15, -0.1) is 13.2 Å². The van der Waals surface area contributed by atoms with Gasteiger partial charge in [0.15, 0.2) is 0 Å². The molecule has 1 aliphatic rings. The maximum atomic E-state index is 11.9. The maximum absolute atomic E-state index is 11.9. The van der Waals surface area contributed by atoms with Crippen molar-refractivity contribution in [1.82, 2.24) is 0 Å². The van der Waals surface area contributed by atoms with Crippen LogP contribution < -0.4 is 10.1 Å². The van der Waals surface area contributed by atoms with Crippen LogP contribution in [0.25, 0.3) is 0 Å². The lowest BCUT2D eigenvalue weighted by Gasteiger charge is -2.11. The number of carbonyl (C=O) groups is 1. The molecule has 0 unspecified atom stereocenters. The fraction of sp³-hybridized carbons (Fsp3) is 0.417. The number of nitrogens with one attached hydrogen (secondary N) is 1. The third-order valence-corrected chi connectivity index (χ3v) is 2.89. The third kappa shape index (κ3) is 3.15. The van der Waals surface area contributed by atoms with E-state index in [2.05, 4.69) is 10.1 Å². The number of hydrogen-bond acceptors (Lipinski definition) is 2. The van der Waals surface area contributed by atoms with E-state index < -0.39 is 6.36 Å². The van der Waals surface area contributed by atoms with Crippen molar-refractivity contribution in [3.63, 3.8) is 0 Å². The molecule has 1 aromatic rings. The molecule has 18 heavy (non-hydrogen) atoms. The SMILES string of the molecule is CC1(C(=O)Nc2ccc(OC(F)(F)F)cc2)CC1. The Balaban J connectivity index is 1.97. The summed E-state index contributed by atoms with van der Waals surface area (Å²) < 4.78 is 39.5. The van der Waals surface area contributed by atoms with Crippen molar-refractivity contribution in [3.8, 4) is 5.75 Å². The van der Waals surface area contributed by atoms with Crippen molar-refractivity contribution >= 4 is 11.6 Å². The third-order valence-electron chi connectivity index (χ3n) is 2.89. The molecule has 2 rings (SSSR count). The minimum absolute atomic E-state index is 0.105. The second-order valence-corrected chi connectivity index (χ2v) is 4.59. The summed E-state index contributed by atoms with van der Waals surface area (Å²) >= 11 is 0. The molecule has 0 aliphatic heterocycles. The largest absolute Gasteiger partial charge is 0.573 e. The van der Waals surface area contributed by atoms with Gasteiger partial charge in [0.1, 0.15) is 5.75 Å². The highest BCUT2D eigenvalue weighted by Gasteiger charge is 2.44. The van der Waals surface area contributed by atoms with Crippen molar-refractivity contribution in [2.45, 2.75) is 26.1 Å². The molecule has 0 aromatic heterocycles. The van der Waals surface area contributed by atoms with Crippen molar-refractivity contribution in [1.29, 1.82) is 0 Å². The highest BCUT2D eigenvalue weighted by Crippen LogP contribution is 2.45. The van der Waals surface area contributed by atoms with Crippen LogP contribution in [-0.2, 0) is 4.79 Å². The van der Waals surface area contributed by atoms with Crippen molar-refractivity contribution in [2.24, 2.45) is 5.41 Å². The zero-order chi connectivity index (χ0) is 13.4. The zero-order valence-electron chi connectivity index (χ0n) is 9.67. The van der Waals surface area contributed by atoms with E-state index in [1.807, 2.05) is 6.92 Å². The molecule has 0 spiro atoms. The Morgan fingerprint density at radius 2 is 1.83 bits per heavy atom. The van der Waals surface area contributed by atoms with E-state index in [4.69, 9.17) is 0 Å². The standard InChI is InChI=1S/C12H12F3NO2/c1-11(6-7-11)10(17)16-8-2-4-9(5-3-8)18-12(13,14)15/h2-5H,6-7H2,1H3,(H,16,17). The molecule has 0 bridgehead atoms. The molecule has 0 saturated heterocycles. The van der Waals surface area contributed by atoms with E-state index in [0.717, 1.165) is 12.8 Å². The van der Waals surface area contributed by atoms with Crippen molar-refractivity contribution in [3.05, 3.63) is 24.3 Å². The Kier molecular flexibility index (Phi) is 2.96. The normalized spacial score (nSPS) is 17.1. The van der Waals surface area contributed by atoms with Crippen molar-refractivity contribution < 1.29 is 22.7 Å². The predicted molar refractivity (Wildman–Crippen MR) is 59.1 cm³/mol. The summed E-state index contributed by atoms with van der Waals surface area (Å²) in [7, 11) is 0. The second kappa shape index (κ2) is 4.19. The van der Waals surface area contributed by atoms with Crippen LogP contribution in [0.4, 0.5) is 18.9 Å². The van der Waals surface area contributed by atoms with E-state index in [9.17, 15) is 18.0 Å². The van der Waals surface area contributed by atoms with Gasteiger partial charge in [-0.1, -0.05) is 6.92 Å². The Morgan fingerprint density at radius 1 is 1.28 bits per heavy atom. The topological polar surface area (TPSA) is 38.3 Å². The van der Waals surface area contributed by atoms with Crippen LogP contribution in [0, 0.1) is 5.41 Å². The summed E-state index contributed by atoms with van der Waals surface area (Å²) in [6, 6.07) is 5.09. The smallest absolute Gasteiger partial charge is 0.406 e. The molecular formula is C12H12F3NO2. The van der Waals surface area contributed by atoms with E-state index in [-0.39, 0.29) is 17.1 Å². The summed E-state index contributed by atoms with van der Waals surface area (Å²) in [5.74, 6) is -0.412. The molecule has 98 valence electrons. The fourth-order valence-corrected chi connectivity index (χ4v) is 1.44. The predicted octanol–water partition coefficient (Wildman–Crippen LogP) is 3.32. The summed E-state index contributed by atoms with van der Waals surface area (Å²) in [5, 5.41) is 2.66. The Morgan fingerprint density at radius 3 is 2.28 bits per heavy atom. The molecule has 0 radical (unpaired) electrons. The van der Waals surface area contributed by atoms with Gasteiger partial charge in [0.05, 0.1) is 0 Å². The molecule has 1 aromatic carbocycles. The van der Waals surface area contributed by atoms with Crippen LogP contribution in [0.15, 0.2) is 24.3 Å². The van der Waals surface area contributed by atoms with Gasteiger partial charge in [-0.3, -0.25) is 4.79 Å². The number of ether oxygens (including phenoxy) is 1. The van der Waals surface area contributed by atoms with E-state index in [0.29, 0.717) is 5.69 Å². The quantitative estimate of drug-likeness (QED) is 0.904. The van der Waals surface area contributed by atoms with Crippen LogP contribution in [0.2, 0.25) is 0 Å². The lowest BCUT2D eigenvalue weighted by atomic mass is 10.1. The zero-order valence-corrected chi connectivity index (χ0v) is 9.67. The average molecular weight is 259 g/mol. The van der Waals surface area contributed by atoms with Gasteiger partial charge >= 0.3 is 6.36 Å². The number of anilines is 1. The number of alkyl halides is 3. The summed E-state index contributed by atoms with van der Waals surface area (Å²) in [6.07, 6.45) is -3.02. The number of carbonyl (C=O) groups excluding carboxylic acids is 1. The van der Waals surface area contributed by atoms with Crippen LogP contribution in [0.1, 0.15) is 19.8 Å². The first-order valence-electron chi connectivity index (χ1n) is 5.46. The maximum Gasteiger partial charge on any atom is 0.573 e. The van der Waals surface area contributed by atoms with Gasteiger partial charge in [-0.2, -0.15) is 0 Å². The molecule has 0 atom stereocenters. The highest BCUT2D eigenvalue weighted by atomic mass is 19.4. The summed E-state index contributed by atoms with van der Waals surface area (Å²) in [4.78, 5) is 11.7. The second-order valence-electron chi connectivity index (χ2n) is 4.59. The molecule has 6 heteroatoms. The number of halogens is 3. The highest BCUT2D eigenvalue weighted by molar-refractivity contribution is 5.96. The van der Waals surface area contributed by atoms with Crippen LogP contribution in [0.5, 0.6) is 5.75 Å².